The molecule has 3 rings (SSSR count). The summed E-state index contributed by atoms with van der Waals surface area (Å²) in [6.07, 6.45) is -4.82. The fourth-order valence-electron chi connectivity index (χ4n) is 2.50. The number of rotatable bonds is 4. The molecule has 9 heteroatoms. The number of hydrogen-bond acceptors (Lipinski definition) is 3. The lowest BCUT2D eigenvalue weighted by Gasteiger charge is -2.11. The molecule has 0 aliphatic carbocycles. The Morgan fingerprint density at radius 1 is 1.15 bits per heavy atom. The maximum Gasteiger partial charge on any atom is 0.416 e. The van der Waals surface area contributed by atoms with Crippen molar-refractivity contribution in [3.8, 4) is 17.4 Å². The molecule has 0 radical (unpaired) electrons. The molecular weight excluding hydrogens is 375 g/mol. The van der Waals surface area contributed by atoms with E-state index in [9.17, 15) is 23.1 Å². The zero-order valence-corrected chi connectivity index (χ0v) is 13.6. The monoisotopic (exact) mass is 385 g/mol. The summed E-state index contributed by atoms with van der Waals surface area (Å²) in [5, 5.41) is 19.4. The van der Waals surface area contributed by atoms with Crippen LogP contribution in [0, 0.1) is 0 Å². The molecule has 2 aromatic carbocycles. The standard InChI is InChI=1S/C17H11ClF3NO4/c18-12-5-8(17(19,20)21)1-4-14(12)26-9-2-3-10-11(6-9)16(25)22-13(10)7-15(23)24/h1-6,22,25H,7H2,(H,23,24). The number of carbonyl (C=O) groups is 1. The molecule has 0 saturated heterocycles. The van der Waals surface area contributed by atoms with Crippen molar-refractivity contribution in [1.29, 1.82) is 0 Å². The van der Waals surface area contributed by atoms with Gasteiger partial charge in [0.15, 0.2) is 5.88 Å². The maximum absolute atomic E-state index is 12.7. The number of fused-ring (bicyclic) bond motifs is 1. The van der Waals surface area contributed by atoms with E-state index in [0.717, 1.165) is 18.2 Å². The number of aliphatic carboxylic acids is 1. The van der Waals surface area contributed by atoms with Crippen molar-refractivity contribution in [2.75, 3.05) is 0 Å². The first-order valence-corrected chi connectivity index (χ1v) is 7.63. The van der Waals surface area contributed by atoms with Crippen LogP contribution in [0.4, 0.5) is 13.2 Å². The van der Waals surface area contributed by atoms with Gasteiger partial charge in [-0.1, -0.05) is 11.6 Å². The third kappa shape index (κ3) is 3.55. The van der Waals surface area contributed by atoms with Crippen molar-refractivity contribution in [3.05, 3.63) is 52.7 Å². The van der Waals surface area contributed by atoms with Gasteiger partial charge in [0.05, 0.1) is 17.0 Å². The van der Waals surface area contributed by atoms with Crippen molar-refractivity contribution >= 4 is 28.3 Å². The molecule has 3 N–H and O–H groups in total. The van der Waals surface area contributed by atoms with Crippen LogP contribution in [-0.4, -0.2) is 21.2 Å². The first-order valence-electron chi connectivity index (χ1n) is 7.25. The highest BCUT2D eigenvalue weighted by Gasteiger charge is 2.31. The summed E-state index contributed by atoms with van der Waals surface area (Å²) in [5.41, 5.74) is -0.573. The van der Waals surface area contributed by atoms with Crippen LogP contribution in [0.5, 0.6) is 17.4 Å². The molecule has 0 fully saturated rings. The molecular formula is C17H11ClF3NO4. The van der Waals surface area contributed by atoms with Gasteiger partial charge in [0.2, 0.25) is 0 Å². The third-order valence-electron chi connectivity index (χ3n) is 3.66. The van der Waals surface area contributed by atoms with E-state index >= 15 is 0 Å². The second-order valence-corrected chi connectivity index (χ2v) is 5.88. The molecule has 26 heavy (non-hydrogen) atoms. The van der Waals surface area contributed by atoms with Gasteiger partial charge in [-0.2, -0.15) is 13.2 Å². The predicted molar refractivity (Wildman–Crippen MR) is 87.8 cm³/mol. The number of aromatic hydroxyl groups is 1. The van der Waals surface area contributed by atoms with Crippen molar-refractivity contribution in [2.45, 2.75) is 12.6 Å². The van der Waals surface area contributed by atoms with E-state index in [2.05, 4.69) is 4.98 Å². The molecule has 0 aliphatic heterocycles. The minimum atomic E-state index is -4.52. The molecule has 136 valence electrons. The summed E-state index contributed by atoms with van der Waals surface area (Å²) in [6, 6.07) is 7.17. The lowest BCUT2D eigenvalue weighted by atomic mass is 10.1. The summed E-state index contributed by atoms with van der Waals surface area (Å²) in [5.74, 6) is -1.07. The van der Waals surface area contributed by atoms with Gasteiger partial charge in [-0.05, 0) is 36.4 Å². The van der Waals surface area contributed by atoms with Crippen LogP contribution in [0.2, 0.25) is 5.02 Å². The molecule has 0 aliphatic rings. The zero-order chi connectivity index (χ0) is 19.1. The summed E-state index contributed by atoms with van der Waals surface area (Å²) < 4.78 is 43.5. The number of benzene rings is 2. The van der Waals surface area contributed by atoms with Crippen LogP contribution in [0.1, 0.15) is 11.3 Å². The van der Waals surface area contributed by atoms with Gasteiger partial charge in [0, 0.05) is 16.5 Å². The molecule has 1 heterocycles. The summed E-state index contributed by atoms with van der Waals surface area (Å²) in [6.45, 7) is 0. The van der Waals surface area contributed by atoms with Crippen LogP contribution in [0.25, 0.3) is 10.8 Å². The van der Waals surface area contributed by atoms with Gasteiger partial charge in [-0.15, -0.1) is 0 Å². The van der Waals surface area contributed by atoms with Gasteiger partial charge in [-0.25, -0.2) is 0 Å². The molecule has 5 nitrogen and oxygen atoms in total. The normalized spacial score (nSPS) is 11.7. The Kier molecular flexibility index (Phi) is 4.45. The lowest BCUT2D eigenvalue weighted by Crippen LogP contribution is -2.04. The second kappa shape index (κ2) is 6.45. The average Bonchev–Trinajstić information content (AvgIpc) is 2.83. The Morgan fingerprint density at radius 2 is 1.88 bits per heavy atom. The molecule has 0 amide bonds. The molecule has 0 saturated carbocycles. The summed E-state index contributed by atoms with van der Waals surface area (Å²) >= 11 is 5.85. The first kappa shape index (κ1) is 17.9. The van der Waals surface area contributed by atoms with E-state index in [1.807, 2.05) is 0 Å². The molecule has 1 aromatic heterocycles. The molecule has 0 unspecified atom stereocenters. The number of aromatic nitrogens is 1. The topological polar surface area (TPSA) is 82.5 Å². The number of aromatic amines is 1. The Hall–Kier alpha value is -2.87. The van der Waals surface area contributed by atoms with Crippen molar-refractivity contribution in [3.63, 3.8) is 0 Å². The molecule has 0 spiro atoms. The molecule has 0 bridgehead atoms. The number of alkyl halides is 3. The van der Waals surface area contributed by atoms with Crippen LogP contribution in [0.3, 0.4) is 0 Å². The molecule has 3 aromatic rings. The summed E-state index contributed by atoms with van der Waals surface area (Å²) in [7, 11) is 0. The number of nitrogens with one attached hydrogen (secondary N) is 1. The number of H-pyrrole nitrogens is 1. The number of ether oxygens (including phenoxy) is 1. The average molecular weight is 386 g/mol. The molecule has 0 atom stereocenters. The van der Waals surface area contributed by atoms with Gasteiger partial charge in [-0.3, -0.25) is 4.79 Å². The van der Waals surface area contributed by atoms with E-state index in [1.54, 1.807) is 0 Å². The van der Waals surface area contributed by atoms with Gasteiger partial charge >= 0.3 is 12.1 Å². The van der Waals surface area contributed by atoms with Crippen LogP contribution in [-0.2, 0) is 17.4 Å². The van der Waals surface area contributed by atoms with Gasteiger partial charge in [0.1, 0.15) is 11.5 Å². The van der Waals surface area contributed by atoms with Crippen LogP contribution in [0.15, 0.2) is 36.4 Å². The Balaban J connectivity index is 1.92. The second-order valence-electron chi connectivity index (χ2n) is 5.48. The van der Waals surface area contributed by atoms with E-state index in [4.69, 9.17) is 21.4 Å². The van der Waals surface area contributed by atoms with Gasteiger partial charge < -0.3 is 19.9 Å². The predicted octanol–water partition coefficient (Wildman–Crippen LogP) is 4.97. The number of carboxylic acid groups (broad SMARTS) is 1. The SMILES string of the molecule is O=C(O)Cc1[nH]c(O)c2cc(Oc3ccc(C(F)(F)F)cc3Cl)ccc12. The van der Waals surface area contributed by atoms with Crippen molar-refractivity contribution < 1.29 is 32.9 Å². The van der Waals surface area contributed by atoms with E-state index in [1.165, 1.54) is 18.2 Å². The Morgan fingerprint density at radius 3 is 2.50 bits per heavy atom. The fraction of sp³-hybridized carbons (Fsp3) is 0.118. The van der Waals surface area contributed by atoms with Gasteiger partial charge in [0.25, 0.3) is 0 Å². The Labute approximate surface area is 149 Å². The summed E-state index contributed by atoms with van der Waals surface area (Å²) in [4.78, 5) is 13.4. The van der Waals surface area contributed by atoms with Crippen LogP contribution < -0.4 is 4.74 Å². The third-order valence-corrected chi connectivity index (χ3v) is 3.95. The number of carboxylic acids is 1. The van der Waals surface area contributed by atoms with Crippen LogP contribution >= 0.6 is 11.6 Å². The number of hydrogen-bond donors (Lipinski definition) is 3. The first-order chi connectivity index (χ1) is 12.1. The quantitative estimate of drug-likeness (QED) is 0.592. The van der Waals surface area contributed by atoms with E-state index in [-0.39, 0.29) is 28.8 Å². The highest BCUT2D eigenvalue weighted by molar-refractivity contribution is 6.32. The fourth-order valence-corrected chi connectivity index (χ4v) is 2.72. The smallest absolute Gasteiger partial charge is 0.416 e. The largest absolute Gasteiger partial charge is 0.494 e. The lowest BCUT2D eigenvalue weighted by molar-refractivity contribution is -0.138. The minimum Gasteiger partial charge on any atom is -0.494 e. The Bertz CT molecular complexity index is 998. The van der Waals surface area contributed by atoms with E-state index < -0.39 is 17.7 Å². The van der Waals surface area contributed by atoms with E-state index in [0.29, 0.717) is 16.5 Å². The minimum absolute atomic E-state index is 0.0137. The highest BCUT2D eigenvalue weighted by Crippen LogP contribution is 2.38. The highest BCUT2D eigenvalue weighted by atomic mass is 35.5. The number of halogens is 4. The van der Waals surface area contributed by atoms with Crippen molar-refractivity contribution in [2.24, 2.45) is 0 Å². The zero-order valence-electron chi connectivity index (χ0n) is 12.9. The maximum atomic E-state index is 12.7. The van der Waals surface area contributed by atoms with Crippen molar-refractivity contribution in [1.82, 2.24) is 4.98 Å².